The average Bonchev–Trinajstić information content (AvgIpc) is 2.80. The lowest BCUT2D eigenvalue weighted by molar-refractivity contribution is -0.118. The van der Waals surface area contributed by atoms with Crippen LogP contribution in [0.2, 0.25) is 0 Å². The molecule has 0 aliphatic heterocycles. The van der Waals surface area contributed by atoms with Crippen molar-refractivity contribution in [2.75, 3.05) is 25.1 Å². The molecular weight excluding hydrogens is 443 g/mol. The minimum absolute atomic E-state index is 0.0262. The van der Waals surface area contributed by atoms with Gasteiger partial charge in [0, 0.05) is 19.3 Å². The number of ether oxygens (including phenoxy) is 1. The minimum Gasteiger partial charge on any atom is -0.494 e. The van der Waals surface area contributed by atoms with Gasteiger partial charge in [-0.25, -0.2) is 12.8 Å². The Morgan fingerprint density at radius 1 is 1.00 bits per heavy atom. The van der Waals surface area contributed by atoms with Crippen LogP contribution in [0.3, 0.4) is 0 Å². The monoisotopic (exact) mass is 470 g/mol. The second-order valence-electron chi connectivity index (χ2n) is 7.55. The van der Waals surface area contributed by atoms with E-state index in [2.05, 4.69) is 0 Å². The molecule has 0 saturated heterocycles. The first-order chi connectivity index (χ1) is 15.7. The maximum Gasteiger partial charge on any atom is 0.243 e. The molecule has 0 aliphatic carbocycles. The number of anilines is 1. The fourth-order valence-corrected chi connectivity index (χ4v) is 4.79. The predicted molar refractivity (Wildman–Crippen MR) is 126 cm³/mol. The lowest BCUT2D eigenvalue weighted by atomic mass is 10.2. The van der Waals surface area contributed by atoms with Gasteiger partial charge >= 0.3 is 0 Å². The van der Waals surface area contributed by atoms with Gasteiger partial charge in [0.05, 0.1) is 18.0 Å². The Bertz CT molecular complexity index is 1200. The van der Waals surface area contributed by atoms with Crippen molar-refractivity contribution in [3.05, 3.63) is 89.7 Å². The highest BCUT2D eigenvalue weighted by atomic mass is 32.2. The zero-order valence-corrected chi connectivity index (χ0v) is 19.7. The third-order valence-electron chi connectivity index (χ3n) is 5.19. The Hall–Kier alpha value is -3.23. The highest BCUT2D eigenvalue weighted by Crippen LogP contribution is 2.25. The molecule has 33 heavy (non-hydrogen) atoms. The second kappa shape index (κ2) is 10.6. The maximum atomic E-state index is 13.6. The van der Waals surface area contributed by atoms with Crippen LogP contribution in [-0.4, -0.2) is 38.8 Å². The molecule has 0 atom stereocenters. The Morgan fingerprint density at radius 3 is 2.27 bits per heavy atom. The normalized spacial score (nSPS) is 11.4. The summed E-state index contributed by atoms with van der Waals surface area (Å²) in [5.74, 6) is -0.249. The van der Waals surface area contributed by atoms with Crippen LogP contribution in [0, 0.1) is 12.7 Å². The minimum atomic E-state index is -4.00. The zero-order valence-electron chi connectivity index (χ0n) is 18.9. The first-order valence-corrected chi connectivity index (χ1v) is 12.0. The Morgan fingerprint density at radius 2 is 1.67 bits per heavy atom. The zero-order chi connectivity index (χ0) is 24.0. The SMILES string of the molecule is CCOc1ccc(S(=O)(=O)N(CC(=O)N(C)c2ccc(F)cc2)Cc2ccccc2)cc1C. The van der Waals surface area contributed by atoms with Crippen molar-refractivity contribution in [2.45, 2.75) is 25.3 Å². The number of amides is 1. The molecular formula is C25H27FN2O4S. The summed E-state index contributed by atoms with van der Waals surface area (Å²) < 4.78 is 47.1. The summed E-state index contributed by atoms with van der Waals surface area (Å²) >= 11 is 0. The number of hydrogen-bond donors (Lipinski definition) is 0. The summed E-state index contributed by atoms with van der Waals surface area (Å²) in [4.78, 5) is 14.4. The summed E-state index contributed by atoms with van der Waals surface area (Å²) in [6, 6.07) is 19.2. The van der Waals surface area contributed by atoms with E-state index < -0.39 is 21.7 Å². The Kier molecular flexibility index (Phi) is 7.84. The first kappa shape index (κ1) is 24.4. The van der Waals surface area contributed by atoms with Crippen molar-refractivity contribution in [1.29, 1.82) is 0 Å². The van der Waals surface area contributed by atoms with Crippen LogP contribution in [0.4, 0.5) is 10.1 Å². The van der Waals surface area contributed by atoms with Crippen molar-refractivity contribution in [1.82, 2.24) is 4.31 Å². The molecule has 0 heterocycles. The van der Waals surface area contributed by atoms with Gasteiger partial charge in [0.25, 0.3) is 0 Å². The molecule has 8 heteroatoms. The summed E-state index contributed by atoms with van der Waals surface area (Å²) in [7, 11) is -2.47. The second-order valence-corrected chi connectivity index (χ2v) is 9.49. The van der Waals surface area contributed by atoms with Crippen molar-refractivity contribution in [2.24, 2.45) is 0 Å². The van der Waals surface area contributed by atoms with Crippen LogP contribution >= 0.6 is 0 Å². The average molecular weight is 471 g/mol. The molecule has 0 aromatic heterocycles. The molecule has 0 radical (unpaired) electrons. The van der Waals surface area contributed by atoms with Crippen molar-refractivity contribution >= 4 is 21.6 Å². The fourth-order valence-electron chi connectivity index (χ4n) is 3.33. The van der Waals surface area contributed by atoms with E-state index in [1.165, 1.54) is 42.3 Å². The number of benzene rings is 3. The lowest BCUT2D eigenvalue weighted by Gasteiger charge is -2.25. The van der Waals surface area contributed by atoms with E-state index >= 15 is 0 Å². The highest BCUT2D eigenvalue weighted by molar-refractivity contribution is 7.89. The van der Waals surface area contributed by atoms with Crippen molar-refractivity contribution in [3.63, 3.8) is 0 Å². The molecule has 0 N–H and O–H groups in total. The molecule has 3 aromatic carbocycles. The van der Waals surface area contributed by atoms with E-state index in [-0.39, 0.29) is 18.0 Å². The van der Waals surface area contributed by atoms with E-state index in [0.717, 1.165) is 9.87 Å². The van der Waals surface area contributed by atoms with Gasteiger partial charge in [0.1, 0.15) is 11.6 Å². The van der Waals surface area contributed by atoms with Crippen LogP contribution < -0.4 is 9.64 Å². The lowest BCUT2D eigenvalue weighted by Crippen LogP contribution is -2.41. The highest BCUT2D eigenvalue weighted by Gasteiger charge is 2.29. The number of rotatable bonds is 9. The van der Waals surface area contributed by atoms with E-state index in [4.69, 9.17) is 4.74 Å². The van der Waals surface area contributed by atoms with E-state index in [0.29, 0.717) is 23.6 Å². The van der Waals surface area contributed by atoms with Gasteiger partial charge in [-0.1, -0.05) is 30.3 Å². The van der Waals surface area contributed by atoms with Gasteiger partial charge in [-0.15, -0.1) is 0 Å². The molecule has 3 aromatic rings. The number of hydrogen-bond acceptors (Lipinski definition) is 4. The van der Waals surface area contributed by atoms with Gasteiger partial charge in [-0.3, -0.25) is 4.79 Å². The molecule has 0 saturated carbocycles. The number of carbonyl (C=O) groups excluding carboxylic acids is 1. The van der Waals surface area contributed by atoms with Crippen LogP contribution in [0.1, 0.15) is 18.1 Å². The molecule has 3 rings (SSSR count). The third kappa shape index (κ3) is 5.97. The molecule has 1 amide bonds. The molecule has 0 bridgehead atoms. The summed E-state index contributed by atoms with van der Waals surface area (Å²) in [6.07, 6.45) is 0. The van der Waals surface area contributed by atoms with Gasteiger partial charge in [-0.05, 0) is 67.4 Å². The fraction of sp³-hybridized carbons (Fsp3) is 0.240. The smallest absolute Gasteiger partial charge is 0.243 e. The number of halogens is 1. The largest absolute Gasteiger partial charge is 0.494 e. The van der Waals surface area contributed by atoms with Gasteiger partial charge in [0.15, 0.2) is 0 Å². The Labute approximate surface area is 194 Å². The van der Waals surface area contributed by atoms with E-state index in [9.17, 15) is 17.6 Å². The molecule has 0 spiro atoms. The van der Waals surface area contributed by atoms with Crippen LogP contribution in [0.15, 0.2) is 77.7 Å². The van der Waals surface area contributed by atoms with Crippen molar-refractivity contribution < 1.29 is 22.3 Å². The molecule has 0 fully saturated rings. The number of sulfonamides is 1. The quantitative estimate of drug-likeness (QED) is 0.465. The number of likely N-dealkylation sites (N-methyl/N-ethyl adjacent to an activating group) is 1. The van der Waals surface area contributed by atoms with E-state index in [1.54, 1.807) is 31.2 Å². The molecule has 6 nitrogen and oxygen atoms in total. The summed E-state index contributed by atoms with van der Waals surface area (Å²) in [6.45, 7) is 3.75. The topological polar surface area (TPSA) is 66.9 Å². The van der Waals surface area contributed by atoms with Crippen molar-refractivity contribution in [3.8, 4) is 5.75 Å². The van der Waals surface area contributed by atoms with Gasteiger partial charge < -0.3 is 9.64 Å². The standard InChI is InChI=1S/C25H27FN2O4S/c1-4-32-24-15-14-23(16-19(24)2)33(30,31)28(17-20-8-6-5-7-9-20)18-25(29)27(3)22-12-10-21(26)11-13-22/h5-16H,4,17-18H2,1-3H3. The Balaban J connectivity index is 1.92. The molecule has 0 aliphatic rings. The van der Waals surface area contributed by atoms with Gasteiger partial charge in [0.2, 0.25) is 15.9 Å². The first-order valence-electron chi connectivity index (χ1n) is 10.5. The van der Waals surface area contributed by atoms with Crippen LogP contribution in [-0.2, 0) is 21.4 Å². The summed E-state index contributed by atoms with van der Waals surface area (Å²) in [5.41, 5.74) is 1.91. The van der Waals surface area contributed by atoms with Crippen LogP contribution in [0.25, 0.3) is 0 Å². The van der Waals surface area contributed by atoms with E-state index in [1.807, 2.05) is 25.1 Å². The molecule has 174 valence electrons. The number of nitrogens with zero attached hydrogens (tertiary/aromatic N) is 2. The van der Waals surface area contributed by atoms with Crippen LogP contribution in [0.5, 0.6) is 5.75 Å². The molecule has 0 unspecified atom stereocenters. The van der Waals surface area contributed by atoms with Gasteiger partial charge in [-0.2, -0.15) is 4.31 Å². The third-order valence-corrected chi connectivity index (χ3v) is 6.97. The number of carbonyl (C=O) groups is 1. The number of aryl methyl sites for hydroxylation is 1. The maximum absolute atomic E-state index is 13.6. The summed E-state index contributed by atoms with van der Waals surface area (Å²) in [5, 5.41) is 0. The predicted octanol–water partition coefficient (Wildman–Crippen LogP) is 4.39.